The van der Waals surface area contributed by atoms with E-state index in [1.54, 1.807) is 18.2 Å². The third kappa shape index (κ3) is 4.61. The van der Waals surface area contributed by atoms with Crippen LogP contribution in [0, 0.1) is 5.92 Å². The van der Waals surface area contributed by atoms with Crippen LogP contribution in [0.4, 0.5) is 0 Å². The van der Waals surface area contributed by atoms with Crippen LogP contribution in [0.3, 0.4) is 0 Å². The zero-order valence-corrected chi connectivity index (χ0v) is 13.7. The van der Waals surface area contributed by atoms with Crippen LogP contribution >= 0.6 is 0 Å². The lowest BCUT2D eigenvalue weighted by molar-refractivity contribution is -0.137. The maximum Gasteiger partial charge on any atom is 0.323 e. The van der Waals surface area contributed by atoms with Crippen LogP contribution in [-0.2, 0) is 4.79 Å². The number of amides is 1. The maximum atomic E-state index is 12.6. The molecule has 0 heterocycles. The highest BCUT2D eigenvalue weighted by Crippen LogP contribution is 2.32. The van der Waals surface area contributed by atoms with Crippen LogP contribution in [0.2, 0.25) is 0 Å². The number of carboxylic acid groups (broad SMARTS) is 1. The second kappa shape index (κ2) is 7.35. The highest BCUT2D eigenvalue weighted by atomic mass is 16.5. The standard InChI is InChI=1S/C17H23NO5/c1-11(2)10-23-14-7-4-12(8-15(14)22-3)17(21)18(9-16(19)20)13-5-6-13/h4,7-8,11,13H,5-6,9-10H2,1-3H3,(H,19,20). The Morgan fingerprint density at radius 2 is 2.00 bits per heavy atom. The Morgan fingerprint density at radius 3 is 2.52 bits per heavy atom. The number of benzene rings is 1. The molecule has 0 saturated heterocycles. The van der Waals surface area contributed by atoms with Gasteiger partial charge in [0.05, 0.1) is 13.7 Å². The molecule has 6 nitrogen and oxygen atoms in total. The number of methoxy groups -OCH3 is 1. The van der Waals surface area contributed by atoms with Gasteiger partial charge in [0.15, 0.2) is 11.5 Å². The lowest BCUT2D eigenvalue weighted by Crippen LogP contribution is -2.37. The molecule has 1 aromatic rings. The molecule has 0 radical (unpaired) electrons. The third-order valence-electron chi connectivity index (χ3n) is 3.54. The molecule has 2 rings (SSSR count). The molecule has 0 atom stereocenters. The molecular formula is C17H23NO5. The molecule has 1 fully saturated rings. The Labute approximate surface area is 136 Å². The summed E-state index contributed by atoms with van der Waals surface area (Å²) in [5.41, 5.74) is 0.409. The van der Waals surface area contributed by atoms with Gasteiger partial charge in [0.1, 0.15) is 6.54 Å². The average Bonchev–Trinajstić information content (AvgIpc) is 3.34. The van der Waals surface area contributed by atoms with Crippen LogP contribution < -0.4 is 9.47 Å². The lowest BCUT2D eigenvalue weighted by atomic mass is 10.1. The van der Waals surface area contributed by atoms with E-state index in [9.17, 15) is 9.59 Å². The number of ether oxygens (including phenoxy) is 2. The van der Waals surface area contributed by atoms with Crippen LogP contribution in [0.1, 0.15) is 37.0 Å². The number of aliphatic carboxylic acids is 1. The van der Waals surface area contributed by atoms with Gasteiger partial charge in [-0.2, -0.15) is 0 Å². The number of nitrogens with zero attached hydrogens (tertiary/aromatic N) is 1. The zero-order chi connectivity index (χ0) is 17.0. The van der Waals surface area contributed by atoms with Gasteiger partial charge in [-0.05, 0) is 37.0 Å². The third-order valence-corrected chi connectivity index (χ3v) is 3.54. The molecule has 1 aliphatic rings. The van der Waals surface area contributed by atoms with E-state index in [4.69, 9.17) is 14.6 Å². The monoisotopic (exact) mass is 321 g/mol. The normalized spacial score (nSPS) is 13.7. The van der Waals surface area contributed by atoms with Crippen LogP contribution in [0.15, 0.2) is 18.2 Å². The minimum atomic E-state index is -1.01. The molecule has 0 aromatic heterocycles. The van der Waals surface area contributed by atoms with Gasteiger partial charge in [-0.25, -0.2) is 0 Å². The van der Waals surface area contributed by atoms with Crippen molar-refractivity contribution in [1.29, 1.82) is 0 Å². The molecule has 1 amide bonds. The summed E-state index contributed by atoms with van der Waals surface area (Å²) in [5.74, 6) is 0.135. The highest BCUT2D eigenvalue weighted by molar-refractivity contribution is 5.96. The maximum absolute atomic E-state index is 12.6. The van der Waals surface area contributed by atoms with Crippen molar-refractivity contribution in [1.82, 2.24) is 4.90 Å². The number of hydrogen-bond donors (Lipinski definition) is 1. The SMILES string of the molecule is COc1cc(C(=O)N(CC(=O)O)C2CC2)ccc1OCC(C)C. The second-order valence-electron chi connectivity index (χ2n) is 6.13. The van der Waals surface area contributed by atoms with Crippen molar-refractivity contribution in [2.24, 2.45) is 5.92 Å². The van der Waals surface area contributed by atoms with E-state index in [0.29, 0.717) is 29.6 Å². The Morgan fingerprint density at radius 1 is 1.30 bits per heavy atom. The molecule has 126 valence electrons. The van der Waals surface area contributed by atoms with E-state index in [1.165, 1.54) is 12.0 Å². The van der Waals surface area contributed by atoms with Gasteiger partial charge in [-0.3, -0.25) is 9.59 Å². The molecule has 0 aliphatic heterocycles. The van der Waals surface area contributed by atoms with Gasteiger partial charge in [-0.15, -0.1) is 0 Å². The van der Waals surface area contributed by atoms with E-state index >= 15 is 0 Å². The Kier molecular flexibility index (Phi) is 5.47. The smallest absolute Gasteiger partial charge is 0.323 e. The first kappa shape index (κ1) is 17.1. The fraction of sp³-hybridized carbons (Fsp3) is 0.529. The summed E-state index contributed by atoms with van der Waals surface area (Å²) in [5, 5.41) is 8.98. The summed E-state index contributed by atoms with van der Waals surface area (Å²) >= 11 is 0. The molecule has 0 unspecified atom stereocenters. The first-order chi connectivity index (χ1) is 10.9. The summed E-state index contributed by atoms with van der Waals surface area (Å²) < 4.78 is 11.0. The molecule has 0 bridgehead atoms. The van der Waals surface area contributed by atoms with Crippen molar-refractivity contribution in [2.45, 2.75) is 32.7 Å². The van der Waals surface area contributed by atoms with Crippen LogP contribution in [0.5, 0.6) is 11.5 Å². The summed E-state index contributed by atoms with van der Waals surface area (Å²) in [6.07, 6.45) is 1.71. The average molecular weight is 321 g/mol. The van der Waals surface area contributed by atoms with Gasteiger partial charge in [-0.1, -0.05) is 13.8 Å². The molecule has 1 aliphatic carbocycles. The molecule has 23 heavy (non-hydrogen) atoms. The quantitative estimate of drug-likeness (QED) is 0.796. The molecule has 1 aromatic carbocycles. The Hall–Kier alpha value is -2.24. The molecule has 6 heteroatoms. The second-order valence-corrected chi connectivity index (χ2v) is 6.13. The van der Waals surface area contributed by atoms with E-state index in [0.717, 1.165) is 12.8 Å². The molecule has 1 saturated carbocycles. The van der Waals surface area contributed by atoms with Crippen molar-refractivity contribution in [3.63, 3.8) is 0 Å². The Bertz CT molecular complexity index is 580. The molecule has 0 spiro atoms. The van der Waals surface area contributed by atoms with Crippen molar-refractivity contribution in [3.8, 4) is 11.5 Å². The van der Waals surface area contributed by atoms with Gasteiger partial charge >= 0.3 is 5.97 Å². The number of rotatable bonds is 8. The van der Waals surface area contributed by atoms with Gasteiger partial charge in [0.25, 0.3) is 5.91 Å². The fourth-order valence-corrected chi connectivity index (χ4v) is 2.24. The first-order valence-electron chi connectivity index (χ1n) is 7.76. The van der Waals surface area contributed by atoms with Crippen molar-refractivity contribution in [3.05, 3.63) is 23.8 Å². The number of hydrogen-bond acceptors (Lipinski definition) is 4. The van der Waals surface area contributed by atoms with E-state index in [2.05, 4.69) is 0 Å². The van der Waals surface area contributed by atoms with E-state index in [-0.39, 0.29) is 18.5 Å². The summed E-state index contributed by atoms with van der Waals surface area (Å²) in [6.45, 7) is 4.36. The van der Waals surface area contributed by atoms with Crippen molar-refractivity contribution >= 4 is 11.9 Å². The van der Waals surface area contributed by atoms with Crippen molar-refractivity contribution in [2.75, 3.05) is 20.3 Å². The topological polar surface area (TPSA) is 76.1 Å². The highest BCUT2D eigenvalue weighted by Gasteiger charge is 2.34. The lowest BCUT2D eigenvalue weighted by Gasteiger charge is -2.21. The summed E-state index contributed by atoms with van der Waals surface area (Å²) in [4.78, 5) is 24.9. The fourth-order valence-electron chi connectivity index (χ4n) is 2.24. The zero-order valence-electron chi connectivity index (χ0n) is 13.7. The van der Waals surface area contributed by atoms with Crippen LogP contribution in [0.25, 0.3) is 0 Å². The first-order valence-corrected chi connectivity index (χ1v) is 7.76. The van der Waals surface area contributed by atoms with E-state index < -0.39 is 5.97 Å². The van der Waals surface area contributed by atoms with Gasteiger partial charge < -0.3 is 19.5 Å². The summed E-state index contributed by atoms with van der Waals surface area (Å²) in [7, 11) is 1.52. The number of carbonyl (C=O) groups excluding carboxylic acids is 1. The predicted molar refractivity (Wildman–Crippen MR) is 85.0 cm³/mol. The molecule has 1 N–H and O–H groups in total. The van der Waals surface area contributed by atoms with Gasteiger partial charge in [0, 0.05) is 11.6 Å². The summed E-state index contributed by atoms with van der Waals surface area (Å²) in [6, 6.07) is 4.98. The van der Waals surface area contributed by atoms with Crippen LogP contribution in [-0.4, -0.2) is 48.2 Å². The minimum absolute atomic E-state index is 0.0291. The number of carboxylic acids is 1. The minimum Gasteiger partial charge on any atom is -0.493 e. The number of carbonyl (C=O) groups is 2. The predicted octanol–water partition coefficient (Wildman–Crippen LogP) is 2.42. The van der Waals surface area contributed by atoms with Gasteiger partial charge in [0.2, 0.25) is 0 Å². The van der Waals surface area contributed by atoms with Crippen molar-refractivity contribution < 1.29 is 24.2 Å². The van der Waals surface area contributed by atoms with E-state index in [1.807, 2.05) is 13.8 Å². The molecular weight excluding hydrogens is 298 g/mol. The Balaban J connectivity index is 2.18. The largest absolute Gasteiger partial charge is 0.493 e.